The first-order chi connectivity index (χ1) is 15.4. The molecular formula is C22H14F6N4O. The standard InChI is InChI=1S/C22H14F6N4O/c23-21(24,25)17-10-9-16(14-3-1-2-4-15(14)17)18-11-19(22(26,27)28)31-32(18)13-7-5-12(6-8-13)30-20(29)33/h1-11H,(H3,29,30,33). The van der Waals surface area contributed by atoms with Crippen molar-refractivity contribution in [2.45, 2.75) is 12.4 Å². The van der Waals surface area contributed by atoms with Gasteiger partial charge in [-0.2, -0.15) is 31.4 Å². The molecule has 4 rings (SSSR count). The van der Waals surface area contributed by atoms with Crippen LogP contribution in [0.4, 0.5) is 36.8 Å². The van der Waals surface area contributed by atoms with Crippen LogP contribution in [-0.4, -0.2) is 15.8 Å². The largest absolute Gasteiger partial charge is 0.435 e. The van der Waals surface area contributed by atoms with Crippen LogP contribution in [0, 0.1) is 0 Å². The number of halogens is 6. The number of primary amides is 1. The summed E-state index contributed by atoms with van der Waals surface area (Å²) in [7, 11) is 0. The number of nitrogens with two attached hydrogens (primary N) is 1. The van der Waals surface area contributed by atoms with Crippen LogP contribution in [0.3, 0.4) is 0 Å². The molecule has 0 fully saturated rings. The Balaban J connectivity index is 1.94. The van der Waals surface area contributed by atoms with Crippen molar-refractivity contribution in [3.05, 3.63) is 78.0 Å². The molecule has 5 nitrogen and oxygen atoms in total. The van der Waals surface area contributed by atoms with E-state index in [-0.39, 0.29) is 27.7 Å². The van der Waals surface area contributed by atoms with Gasteiger partial charge >= 0.3 is 18.4 Å². The molecule has 33 heavy (non-hydrogen) atoms. The Labute approximate surface area is 182 Å². The average Bonchev–Trinajstić information content (AvgIpc) is 3.18. The summed E-state index contributed by atoms with van der Waals surface area (Å²) in [6.45, 7) is 0. The molecule has 0 aliphatic carbocycles. The van der Waals surface area contributed by atoms with Gasteiger partial charge in [-0.25, -0.2) is 9.48 Å². The molecule has 0 saturated heterocycles. The van der Waals surface area contributed by atoms with E-state index >= 15 is 0 Å². The Morgan fingerprint density at radius 1 is 0.848 bits per heavy atom. The Bertz CT molecular complexity index is 1340. The number of nitrogens with one attached hydrogen (secondary N) is 1. The molecule has 0 radical (unpaired) electrons. The fourth-order valence-corrected chi connectivity index (χ4v) is 3.51. The van der Waals surface area contributed by atoms with E-state index in [0.29, 0.717) is 5.69 Å². The van der Waals surface area contributed by atoms with Gasteiger partial charge in [0.2, 0.25) is 0 Å². The average molecular weight is 464 g/mol. The molecule has 0 bridgehead atoms. The Kier molecular flexibility index (Phi) is 5.27. The minimum absolute atomic E-state index is 0.0529. The number of urea groups is 1. The highest BCUT2D eigenvalue weighted by Crippen LogP contribution is 2.40. The number of alkyl halides is 6. The van der Waals surface area contributed by atoms with Crippen LogP contribution in [0.25, 0.3) is 27.7 Å². The lowest BCUT2D eigenvalue weighted by atomic mass is 9.97. The van der Waals surface area contributed by atoms with Gasteiger partial charge in [0.15, 0.2) is 5.69 Å². The van der Waals surface area contributed by atoms with E-state index in [4.69, 9.17) is 5.73 Å². The van der Waals surface area contributed by atoms with Crippen LogP contribution >= 0.6 is 0 Å². The number of rotatable bonds is 3. The second-order valence-corrected chi connectivity index (χ2v) is 7.06. The number of hydrogen-bond donors (Lipinski definition) is 2. The number of anilines is 1. The molecule has 0 unspecified atom stereocenters. The monoisotopic (exact) mass is 464 g/mol. The summed E-state index contributed by atoms with van der Waals surface area (Å²) in [4.78, 5) is 11.0. The van der Waals surface area contributed by atoms with Crippen molar-refractivity contribution in [2.75, 3.05) is 5.32 Å². The molecule has 11 heteroatoms. The summed E-state index contributed by atoms with van der Waals surface area (Å²) in [5.41, 5.74) is 3.53. The lowest BCUT2D eigenvalue weighted by Gasteiger charge is -2.15. The van der Waals surface area contributed by atoms with Gasteiger partial charge in [0.1, 0.15) is 0 Å². The summed E-state index contributed by atoms with van der Waals surface area (Å²) < 4.78 is 81.8. The fourth-order valence-electron chi connectivity index (χ4n) is 3.51. The Morgan fingerprint density at radius 3 is 2.06 bits per heavy atom. The maximum absolute atomic E-state index is 13.5. The molecule has 4 aromatic rings. The minimum atomic E-state index is -4.78. The van der Waals surface area contributed by atoms with Gasteiger partial charge in [0, 0.05) is 11.3 Å². The number of carbonyl (C=O) groups excluding carboxylic acids is 1. The predicted octanol–water partition coefficient (Wildman–Crippen LogP) is 6.22. The van der Waals surface area contributed by atoms with Crippen LogP contribution < -0.4 is 11.1 Å². The second-order valence-electron chi connectivity index (χ2n) is 7.06. The highest BCUT2D eigenvalue weighted by atomic mass is 19.4. The predicted molar refractivity (Wildman–Crippen MR) is 110 cm³/mol. The lowest BCUT2D eigenvalue weighted by Crippen LogP contribution is -2.19. The van der Waals surface area contributed by atoms with Crippen molar-refractivity contribution < 1.29 is 31.1 Å². The zero-order valence-corrected chi connectivity index (χ0v) is 16.5. The van der Waals surface area contributed by atoms with Crippen LogP contribution in [0.15, 0.2) is 66.7 Å². The highest BCUT2D eigenvalue weighted by molar-refractivity contribution is 5.98. The number of hydrogen-bond acceptors (Lipinski definition) is 2. The van der Waals surface area contributed by atoms with Gasteiger partial charge in [0.25, 0.3) is 0 Å². The van der Waals surface area contributed by atoms with Gasteiger partial charge < -0.3 is 11.1 Å². The first kappa shape index (κ1) is 22.2. The Morgan fingerprint density at radius 2 is 1.48 bits per heavy atom. The number of carbonyl (C=O) groups is 1. The van der Waals surface area contributed by atoms with E-state index in [2.05, 4.69) is 10.4 Å². The molecule has 2 amide bonds. The number of fused-ring (bicyclic) bond motifs is 1. The summed E-state index contributed by atoms with van der Waals surface area (Å²) >= 11 is 0. The van der Waals surface area contributed by atoms with Gasteiger partial charge in [-0.15, -0.1) is 0 Å². The normalized spacial score (nSPS) is 12.2. The van der Waals surface area contributed by atoms with E-state index in [1.807, 2.05) is 0 Å². The third kappa shape index (κ3) is 4.34. The first-order valence-electron chi connectivity index (χ1n) is 9.38. The fraction of sp³-hybridized carbons (Fsp3) is 0.0909. The Hall–Kier alpha value is -4.02. The van der Waals surface area contributed by atoms with Gasteiger partial charge in [-0.3, -0.25) is 0 Å². The molecule has 0 saturated carbocycles. The lowest BCUT2D eigenvalue weighted by molar-refractivity contribution is -0.141. The third-order valence-electron chi connectivity index (χ3n) is 4.88. The number of aromatic nitrogens is 2. The molecule has 0 aliphatic rings. The van der Waals surface area contributed by atoms with E-state index in [1.165, 1.54) is 48.5 Å². The van der Waals surface area contributed by atoms with E-state index < -0.39 is 29.6 Å². The van der Waals surface area contributed by atoms with Crippen LogP contribution in [0.5, 0.6) is 0 Å². The zero-order valence-electron chi connectivity index (χ0n) is 16.5. The number of benzene rings is 3. The van der Waals surface area contributed by atoms with E-state index in [1.54, 1.807) is 0 Å². The van der Waals surface area contributed by atoms with Crippen LogP contribution in [-0.2, 0) is 12.4 Å². The first-order valence-corrected chi connectivity index (χ1v) is 9.38. The smallest absolute Gasteiger partial charge is 0.351 e. The van der Waals surface area contributed by atoms with Crippen molar-refractivity contribution >= 4 is 22.5 Å². The molecule has 170 valence electrons. The SMILES string of the molecule is NC(=O)Nc1ccc(-n2nc(C(F)(F)F)cc2-c2ccc(C(F)(F)F)c3ccccc23)cc1. The van der Waals surface area contributed by atoms with E-state index in [0.717, 1.165) is 22.9 Å². The third-order valence-corrected chi connectivity index (χ3v) is 4.88. The highest BCUT2D eigenvalue weighted by Gasteiger charge is 2.36. The van der Waals surface area contributed by atoms with Crippen LogP contribution in [0.2, 0.25) is 0 Å². The molecule has 3 aromatic carbocycles. The number of nitrogens with zero attached hydrogens (tertiary/aromatic N) is 2. The van der Waals surface area contributed by atoms with Crippen molar-refractivity contribution in [1.82, 2.24) is 9.78 Å². The summed E-state index contributed by atoms with van der Waals surface area (Å²) in [6, 6.07) is 13.1. The zero-order chi connectivity index (χ0) is 24.0. The van der Waals surface area contributed by atoms with Crippen molar-refractivity contribution in [1.29, 1.82) is 0 Å². The van der Waals surface area contributed by atoms with Crippen LogP contribution in [0.1, 0.15) is 11.3 Å². The quantitative estimate of drug-likeness (QED) is 0.353. The van der Waals surface area contributed by atoms with Gasteiger partial charge in [-0.05, 0) is 47.2 Å². The second kappa shape index (κ2) is 7.84. The molecule has 1 aromatic heterocycles. The summed E-state index contributed by atoms with van der Waals surface area (Å²) in [5, 5.41) is 5.95. The van der Waals surface area contributed by atoms with Crippen molar-refractivity contribution in [3.63, 3.8) is 0 Å². The molecule has 0 atom stereocenters. The molecule has 3 N–H and O–H groups in total. The molecule has 1 heterocycles. The van der Waals surface area contributed by atoms with Gasteiger partial charge in [0.05, 0.1) is 16.9 Å². The van der Waals surface area contributed by atoms with Gasteiger partial charge in [-0.1, -0.05) is 30.3 Å². The van der Waals surface area contributed by atoms with E-state index in [9.17, 15) is 31.1 Å². The summed E-state index contributed by atoms with van der Waals surface area (Å²) in [6.07, 6.45) is -9.42. The topological polar surface area (TPSA) is 72.9 Å². The molecule has 0 aliphatic heterocycles. The maximum atomic E-state index is 13.5. The van der Waals surface area contributed by atoms with Crippen molar-refractivity contribution in [2.24, 2.45) is 5.73 Å². The van der Waals surface area contributed by atoms with Crippen molar-refractivity contribution in [3.8, 4) is 16.9 Å². The minimum Gasteiger partial charge on any atom is -0.351 e. The molecule has 0 spiro atoms. The number of amides is 2. The maximum Gasteiger partial charge on any atom is 0.435 e. The molecular weight excluding hydrogens is 450 g/mol. The summed E-state index contributed by atoms with van der Waals surface area (Å²) in [5.74, 6) is 0.